The van der Waals surface area contributed by atoms with E-state index >= 15 is 0 Å². The van der Waals surface area contributed by atoms with Gasteiger partial charge in [0.1, 0.15) is 6.04 Å². The highest BCUT2D eigenvalue weighted by molar-refractivity contribution is 6.30. The van der Waals surface area contributed by atoms with E-state index in [2.05, 4.69) is 29.6 Å². The first-order valence-corrected chi connectivity index (χ1v) is 13.1. The van der Waals surface area contributed by atoms with Crippen LogP contribution in [0.5, 0.6) is 0 Å². The number of nitrogens with one attached hydrogen (secondary N) is 1. The van der Waals surface area contributed by atoms with Crippen molar-refractivity contribution in [3.05, 3.63) is 119 Å². The number of nitrogens with zero attached hydrogens (tertiary/aromatic N) is 1. The van der Waals surface area contributed by atoms with Gasteiger partial charge in [0, 0.05) is 30.5 Å². The molecule has 0 aliphatic heterocycles. The van der Waals surface area contributed by atoms with E-state index < -0.39 is 6.04 Å². The number of aryl methyl sites for hydroxylation is 1. The van der Waals surface area contributed by atoms with Crippen molar-refractivity contribution < 1.29 is 9.59 Å². The molecule has 4 rings (SSSR count). The van der Waals surface area contributed by atoms with Crippen LogP contribution in [0.3, 0.4) is 0 Å². The molecule has 4 aromatic carbocycles. The SMILES string of the molecule is CC(C)NC(=O)[C@@H](Cc1ccccc1)N(Cc1ccc(Cl)cc1)C(=O)CCc1cccc2ccccc12. The highest BCUT2D eigenvalue weighted by atomic mass is 35.5. The predicted octanol–water partition coefficient (Wildman–Crippen LogP) is 6.59. The van der Waals surface area contributed by atoms with E-state index in [1.807, 2.05) is 86.6 Å². The molecule has 4 nitrogen and oxygen atoms in total. The van der Waals surface area contributed by atoms with Crippen LogP contribution in [0.15, 0.2) is 97.1 Å². The summed E-state index contributed by atoms with van der Waals surface area (Å²) in [5.74, 6) is -0.200. The summed E-state index contributed by atoms with van der Waals surface area (Å²) in [4.78, 5) is 29.1. The first-order valence-electron chi connectivity index (χ1n) is 12.8. The van der Waals surface area contributed by atoms with Crippen LogP contribution < -0.4 is 5.32 Å². The van der Waals surface area contributed by atoms with Crippen molar-refractivity contribution >= 4 is 34.2 Å². The third kappa shape index (κ3) is 7.21. The van der Waals surface area contributed by atoms with Crippen LogP contribution in [-0.2, 0) is 29.0 Å². The topological polar surface area (TPSA) is 49.4 Å². The van der Waals surface area contributed by atoms with Crippen molar-refractivity contribution in [2.75, 3.05) is 0 Å². The molecule has 37 heavy (non-hydrogen) atoms. The fraction of sp³-hybridized carbons (Fsp3) is 0.250. The van der Waals surface area contributed by atoms with Gasteiger partial charge in [-0.1, -0.05) is 96.5 Å². The lowest BCUT2D eigenvalue weighted by molar-refractivity contribution is -0.141. The van der Waals surface area contributed by atoms with Crippen LogP contribution in [0.4, 0.5) is 0 Å². The van der Waals surface area contributed by atoms with Gasteiger partial charge in [0.25, 0.3) is 0 Å². The molecule has 0 fully saturated rings. The molecule has 0 radical (unpaired) electrons. The normalized spacial score (nSPS) is 11.9. The maximum Gasteiger partial charge on any atom is 0.243 e. The largest absolute Gasteiger partial charge is 0.352 e. The molecule has 0 aromatic heterocycles. The zero-order valence-electron chi connectivity index (χ0n) is 21.4. The smallest absolute Gasteiger partial charge is 0.243 e. The van der Waals surface area contributed by atoms with E-state index in [1.165, 1.54) is 0 Å². The lowest BCUT2D eigenvalue weighted by atomic mass is 9.99. The Bertz CT molecular complexity index is 1330. The van der Waals surface area contributed by atoms with Gasteiger partial charge in [0.15, 0.2) is 0 Å². The van der Waals surface area contributed by atoms with E-state index in [4.69, 9.17) is 11.6 Å². The average molecular weight is 513 g/mol. The number of carbonyl (C=O) groups is 2. The first kappa shape index (κ1) is 26.4. The van der Waals surface area contributed by atoms with E-state index in [-0.39, 0.29) is 17.9 Å². The Morgan fingerprint density at radius 2 is 1.49 bits per heavy atom. The highest BCUT2D eigenvalue weighted by Gasteiger charge is 2.30. The maximum absolute atomic E-state index is 13.9. The van der Waals surface area contributed by atoms with Crippen molar-refractivity contribution in [3.63, 3.8) is 0 Å². The third-order valence-corrected chi connectivity index (χ3v) is 6.71. The van der Waals surface area contributed by atoms with Gasteiger partial charge in [-0.05, 0) is 59.9 Å². The number of benzene rings is 4. The molecule has 0 spiro atoms. The zero-order valence-corrected chi connectivity index (χ0v) is 22.1. The highest BCUT2D eigenvalue weighted by Crippen LogP contribution is 2.22. The van der Waals surface area contributed by atoms with Gasteiger partial charge in [0.05, 0.1) is 0 Å². The van der Waals surface area contributed by atoms with Gasteiger partial charge in [0.2, 0.25) is 11.8 Å². The Balaban J connectivity index is 1.64. The first-order chi connectivity index (χ1) is 17.9. The summed E-state index contributed by atoms with van der Waals surface area (Å²) < 4.78 is 0. The van der Waals surface area contributed by atoms with Crippen LogP contribution in [0.25, 0.3) is 10.8 Å². The molecule has 1 atom stereocenters. The second kappa shape index (κ2) is 12.6. The van der Waals surface area contributed by atoms with Crippen molar-refractivity contribution in [2.24, 2.45) is 0 Å². The minimum Gasteiger partial charge on any atom is -0.352 e. The van der Waals surface area contributed by atoms with Crippen molar-refractivity contribution in [3.8, 4) is 0 Å². The van der Waals surface area contributed by atoms with Gasteiger partial charge < -0.3 is 10.2 Å². The van der Waals surface area contributed by atoms with Crippen molar-refractivity contribution in [1.82, 2.24) is 10.2 Å². The average Bonchev–Trinajstić information content (AvgIpc) is 2.90. The minimum absolute atomic E-state index is 0.0334. The fourth-order valence-electron chi connectivity index (χ4n) is 4.62. The summed E-state index contributed by atoms with van der Waals surface area (Å²) in [5, 5.41) is 5.98. The molecule has 0 bridgehead atoms. The van der Waals surface area contributed by atoms with Crippen molar-refractivity contribution in [1.29, 1.82) is 0 Å². The maximum atomic E-state index is 13.9. The Labute approximate surface area is 224 Å². The van der Waals surface area contributed by atoms with E-state index in [9.17, 15) is 9.59 Å². The van der Waals surface area contributed by atoms with Crippen LogP contribution in [0, 0.1) is 0 Å². The predicted molar refractivity (Wildman–Crippen MR) is 151 cm³/mol. The van der Waals surface area contributed by atoms with E-state index in [0.29, 0.717) is 30.8 Å². The molecule has 0 saturated carbocycles. The Kier molecular flexibility index (Phi) is 8.97. The Hall–Kier alpha value is -3.63. The lowest BCUT2D eigenvalue weighted by Crippen LogP contribution is -2.51. The number of rotatable bonds is 10. The number of amides is 2. The molecule has 5 heteroatoms. The molecule has 0 unspecified atom stereocenters. The Morgan fingerprint density at radius 1 is 0.811 bits per heavy atom. The minimum atomic E-state index is -0.638. The molecular weight excluding hydrogens is 480 g/mol. The summed E-state index contributed by atoms with van der Waals surface area (Å²) in [6, 6.07) is 31.0. The number of fused-ring (bicyclic) bond motifs is 1. The van der Waals surface area contributed by atoms with Crippen LogP contribution in [0.2, 0.25) is 5.02 Å². The van der Waals surface area contributed by atoms with Gasteiger partial charge in [-0.25, -0.2) is 0 Å². The molecule has 0 aliphatic rings. The molecule has 1 N–H and O–H groups in total. The number of hydrogen-bond donors (Lipinski definition) is 1. The summed E-state index contributed by atoms with van der Waals surface area (Å²) in [5.41, 5.74) is 3.07. The molecule has 0 aliphatic carbocycles. The molecule has 4 aromatic rings. The molecule has 2 amide bonds. The van der Waals surface area contributed by atoms with E-state index in [1.54, 1.807) is 4.90 Å². The molecule has 190 valence electrons. The zero-order chi connectivity index (χ0) is 26.2. The van der Waals surface area contributed by atoms with Gasteiger partial charge in [-0.3, -0.25) is 9.59 Å². The standard InChI is InChI=1S/C32H33ClN2O2/c1-23(2)34-32(37)30(21-24-9-4-3-5-10-24)35(22-25-15-18-28(33)19-16-25)31(36)20-17-27-13-8-12-26-11-6-7-14-29(26)27/h3-16,18-19,23,30H,17,20-22H2,1-2H3,(H,34,37)/t30-/m1/s1. The summed E-state index contributed by atoms with van der Waals surface area (Å²) in [7, 11) is 0. The lowest BCUT2D eigenvalue weighted by Gasteiger charge is -2.32. The van der Waals surface area contributed by atoms with E-state index in [0.717, 1.165) is 27.5 Å². The fourth-order valence-corrected chi connectivity index (χ4v) is 4.74. The molecular formula is C32H33ClN2O2. The second-order valence-corrected chi connectivity index (χ2v) is 10.1. The molecule has 0 heterocycles. The molecule has 0 saturated heterocycles. The van der Waals surface area contributed by atoms with Crippen LogP contribution >= 0.6 is 11.6 Å². The van der Waals surface area contributed by atoms with Crippen LogP contribution in [-0.4, -0.2) is 28.8 Å². The Morgan fingerprint density at radius 3 is 2.22 bits per heavy atom. The van der Waals surface area contributed by atoms with Crippen LogP contribution in [0.1, 0.15) is 37.0 Å². The van der Waals surface area contributed by atoms with Gasteiger partial charge in [-0.15, -0.1) is 0 Å². The number of halogens is 1. The van der Waals surface area contributed by atoms with Gasteiger partial charge in [-0.2, -0.15) is 0 Å². The number of carbonyl (C=O) groups excluding carboxylic acids is 2. The van der Waals surface area contributed by atoms with Crippen molar-refractivity contribution in [2.45, 2.75) is 51.7 Å². The summed E-state index contributed by atoms with van der Waals surface area (Å²) >= 11 is 6.11. The monoisotopic (exact) mass is 512 g/mol. The third-order valence-electron chi connectivity index (χ3n) is 6.46. The summed E-state index contributed by atoms with van der Waals surface area (Å²) in [6.45, 7) is 4.20. The van der Waals surface area contributed by atoms with Gasteiger partial charge >= 0.3 is 0 Å². The second-order valence-electron chi connectivity index (χ2n) is 9.66. The summed E-state index contributed by atoms with van der Waals surface area (Å²) in [6.07, 6.45) is 1.34. The quantitative estimate of drug-likeness (QED) is 0.260. The number of hydrogen-bond acceptors (Lipinski definition) is 2.